The summed E-state index contributed by atoms with van der Waals surface area (Å²) in [6, 6.07) is 38.9. The molecule has 29 heavy (non-hydrogen) atoms. The topological polar surface area (TPSA) is 0 Å². The van der Waals surface area contributed by atoms with Crippen molar-refractivity contribution >= 4 is 19.2 Å². The Hall–Kier alpha value is -2.69. The molecule has 0 amide bonds. The summed E-state index contributed by atoms with van der Waals surface area (Å²) in [5, 5.41) is 2.74. The van der Waals surface area contributed by atoms with Gasteiger partial charge in [0.25, 0.3) is 0 Å². The fraction of sp³-hybridized carbons (Fsp3) is 0.143. The summed E-state index contributed by atoms with van der Waals surface area (Å²) in [6.45, 7) is 4.36. The van der Waals surface area contributed by atoms with Crippen LogP contribution in [0.25, 0.3) is 22.3 Å². The van der Waals surface area contributed by atoms with Crippen molar-refractivity contribution in [2.45, 2.75) is 26.7 Å². The van der Waals surface area contributed by atoms with E-state index in [2.05, 4.69) is 123 Å². The minimum Gasteiger partial charge on any atom is -0.0654 e. The molecule has 0 unspecified atom stereocenters. The number of rotatable bonds is 5. The first-order chi connectivity index (χ1) is 14.3. The first kappa shape index (κ1) is 21.0. The minimum atomic E-state index is 0.685. The van der Waals surface area contributed by atoms with Crippen LogP contribution < -0.4 is 10.6 Å². The monoisotopic (exact) mass is 396 g/mol. The summed E-state index contributed by atoms with van der Waals surface area (Å²) >= 11 is 0. The number of hydrogen-bond acceptors (Lipinski definition) is 0. The quantitative estimate of drug-likeness (QED) is 0.307. The van der Waals surface area contributed by atoms with Crippen LogP contribution >= 0.6 is 8.58 Å². The Morgan fingerprint density at radius 3 is 1.03 bits per heavy atom. The lowest BCUT2D eigenvalue weighted by Gasteiger charge is -2.07. The maximum Gasteiger partial charge on any atom is -0.0184 e. The Balaban J connectivity index is 0.000000552. The largest absolute Gasteiger partial charge is 0.0654 e. The molecular formula is C28H29P. The Bertz CT molecular complexity index is 873. The number of unbranched alkanes of at least 4 members (excludes halogenated alkanes) is 1. The van der Waals surface area contributed by atoms with Crippen LogP contribution in [0.2, 0.25) is 0 Å². The lowest BCUT2D eigenvalue weighted by Crippen LogP contribution is -2.02. The molecule has 0 saturated carbocycles. The van der Waals surface area contributed by atoms with Crippen molar-refractivity contribution in [2.75, 3.05) is 0 Å². The summed E-state index contributed by atoms with van der Waals surface area (Å²) in [4.78, 5) is 0. The molecule has 0 heterocycles. The van der Waals surface area contributed by atoms with Crippen molar-refractivity contribution in [3.05, 3.63) is 109 Å². The summed E-state index contributed by atoms with van der Waals surface area (Å²) in [7, 11) is 0.685. The summed E-state index contributed by atoms with van der Waals surface area (Å²) in [6.07, 6.45) is 2.64. The second kappa shape index (κ2) is 11.3. The van der Waals surface area contributed by atoms with Crippen molar-refractivity contribution in [2.24, 2.45) is 0 Å². The SMILES string of the molecule is CCCC.c1ccc(-c2ccc(Pc3ccc(-c4ccccc4)cc3)cc2)cc1. The van der Waals surface area contributed by atoms with Crippen LogP contribution in [0.1, 0.15) is 26.7 Å². The predicted molar refractivity (Wildman–Crippen MR) is 132 cm³/mol. The molecule has 0 N–H and O–H groups in total. The van der Waals surface area contributed by atoms with Crippen LogP contribution in [0.5, 0.6) is 0 Å². The second-order valence-corrected chi connectivity index (χ2v) is 8.42. The van der Waals surface area contributed by atoms with E-state index in [9.17, 15) is 0 Å². The van der Waals surface area contributed by atoms with E-state index in [4.69, 9.17) is 0 Å². The molecule has 0 aromatic heterocycles. The molecule has 0 aliphatic carbocycles. The van der Waals surface area contributed by atoms with E-state index in [1.165, 1.54) is 45.7 Å². The van der Waals surface area contributed by atoms with Crippen LogP contribution in [0.3, 0.4) is 0 Å². The Morgan fingerprint density at radius 2 is 0.724 bits per heavy atom. The van der Waals surface area contributed by atoms with Crippen LogP contribution in [0, 0.1) is 0 Å². The van der Waals surface area contributed by atoms with Gasteiger partial charge in [0.2, 0.25) is 0 Å². The van der Waals surface area contributed by atoms with Gasteiger partial charge in [-0.05, 0) is 32.9 Å². The van der Waals surface area contributed by atoms with E-state index in [1.54, 1.807) is 0 Å². The standard InChI is InChI=1S/C24H19P.C4H10/c1-3-7-19(8-4-1)21-11-15-23(16-12-21)25-24-17-13-22(14-18-24)20-9-5-2-6-10-20;1-3-4-2/h1-18,25H;3-4H2,1-2H3. The molecule has 4 aromatic rings. The minimum absolute atomic E-state index is 0.685. The highest BCUT2D eigenvalue weighted by molar-refractivity contribution is 7.55. The molecule has 1 heteroatoms. The Morgan fingerprint density at radius 1 is 0.414 bits per heavy atom. The van der Waals surface area contributed by atoms with Crippen LogP contribution in [0.15, 0.2) is 109 Å². The van der Waals surface area contributed by atoms with E-state index < -0.39 is 0 Å². The molecule has 4 aromatic carbocycles. The van der Waals surface area contributed by atoms with Gasteiger partial charge in [-0.25, -0.2) is 0 Å². The molecule has 0 aliphatic heterocycles. The maximum atomic E-state index is 2.24. The molecule has 0 bridgehead atoms. The van der Waals surface area contributed by atoms with Gasteiger partial charge in [0.1, 0.15) is 0 Å². The second-order valence-electron chi connectivity index (χ2n) is 7.01. The van der Waals surface area contributed by atoms with Crippen LogP contribution in [-0.2, 0) is 0 Å². The molecule has 0 aliphatic rings. The molecule has 146 valence electrons. The zero-order chi connectivity index (χ0) is 20.3. The molecule has 0 saturated heterocycles. The third-order valence-electron chi connectivity index (χ3n) is 4.77. The smallest absolute Gasteiger partial charge is 0.0184 e. The van der Waals surface area contributed by atoms with Gasteiger partial charge in [0.15, 0.2) is 0 Å². The fourth-order valence-corrected chi connectivity index (χ4v) is 3.92. The zero-order valence-electron chi connectivity index (χ0n) is 17.3. The maximum absolute atomic E-state index is 2.24. The molecular weight excluding hydrogens is 367 g/mol. The van der Waals surface area contributed by atoms with Crippen LogP contribution in [-0.4, -0.2) is 0 Å². The fourth-order valence-electron chi connectivity index (χ4n) is 2.92. The first-order valence-electron chi connectivity index (χ1n) is 10.4. The molecule has 0 fully saturated rings. The van der Waals surface area contributed by atoms with E-state index in [1.807, 2.05) is 0 Å². The average Bonchev–Trinajstić information content (AvgIpc) is 2.81. The van der Waals surface area contributed by atoms with Crippen molar-refractivity contribution in [1.82, 2.24) is 0 Å². The number of hydrogen-bond donors (Lipinski definition) is 0. The molecule has 0 nitrogen and oxygen atoms in total. The normalized spacial score (nSPS) is 10.1. The summed E-state index contributed by atoms with van der Waals surface area (Å²) < 4.78 is 0. The van der Waals surface area contributed by atoms with E-state index >= 15 is 0 Å². The Kier molecular flexibility index (Phi) is 8.23. The van der Waals surface area contributed by atoms with Gasteiger partial charge in [-0.1, -0.05) is 144 Å². The van der Waals surface area contributed by atoms with Gasteiger partial charge in [-0.3, -0.25) is 0 Å². The zero-order valence-corrected chi connectivity index (χ0v) is 18.3. The third kappa shape index (κ3) is 6.41. The highest BCUT2D eigenvalue weighted by Gasteiger charge is 2.01. The average molecular weight is 397 g/mol. The highest BCUT2D eigenvalue weighted by Crippen LogP contribution is 2.21. The molecule has 4 rings (SSSR count). The molecule has 0 radical (unpaired) electrons. The first-order valence-corrected chi connectivity index (χ1v) is 11.4. The van der Waals surface area contributed by atoms with E-state index in [0.717, 1.165) is 0 Å². The van der Waals surface area contributed by atoms with Gasteiger partial charge in [0, 0.05) is 0 Å². The highest BCUT2D eigenvalue weighted by atomic mass is 31.1. The number of benzene rings is 4. The third-order valence-corrected chi connectivity index (χ3v) is 6.02. The summed E-state index contributed by atoms with van der Waals surface area (Å²) in [5.74, 6) is 0. The van der Waals surface area contributed by atoms with Crippen molar-refractivity contribution in [3.8, 4) is 22.3 Å². The molecule has 0 spiro atoms. The lowest BCUT2D eigenvalue weighted by atomic mass is 10.1. The van der Waals surface area contributed by atoms with Crippen molar-refractivity contribution in [3.63, 3.8) is 0 Å². The van der Waals surface area contributed by atoms with Gasteiger partial charge >= 0.3 is 0 Å². The van der Waals surface area contributed by atoms with Gasteiger partial charge in [0.05, 0.1) is 0 Å². The van der Waals surface area contributed by atoms with Gasteiger partial charge in [-0.2, -0.15) is 0 Å². The van der Waals surface area contributed by atoms with E-state index in [-0.39, 0.29) is 0 Å². The summed E-state index contributed by atoms with van der Waals surface area (Å²) in [5.41, 5.74) is 5.08. The lowest BCUT2D eigenvalue weighted by molar-refractivity contribution is 0.886. The van der Waals surface area contributed by atoms with Crippen molar-refractivity contribution in [1.29, 1.82) is 0 Å². The van der Waals surface area contributed by atoms with Crippen molar-refractivity contribution < 1.29 is 0 Å². The van der Waals surface area contributed by atoms with Crippen LogP contribution in [0.4, 0.5) is 0 Å². The van der Waals surface area contributed by atoms with Gasteiger partial charge < -0.3 is 0 Å². The predicted octanol–water partition coefficient (Wildman–Crippen LogP) is 7.46. The van der Waals surface area contributed by atoms with E-state index in [0.29, 0.717) is 8.58 Å². The Labute approximate surface area is 177 Å². The van der Waals surface area contributed by atoms with Gasteiger partial charge in [-0.15, -0.1) is 0 Å². The molecule has 0 atom stereocenters.